The van der Waals surface area contributed by atoms with Gasteiger partial charge in [-0.1, -0.05) is 42.8 Å². The van der Waals surface area contributed by atoms with Gasteiger partial charge in [0, 0.05) is 81.1 Å². The van der Waals surface area contributed by atoms with Gasteiger partial charge in [0.1, 0.15) is 35.7 Å². The number of alkyl halides is 3. The Labute approximate surface area is 449 Å². The fourth-order valence-electron chi connectivity index (χ4n) is 9.20. The fourth-order valence-corrected chi connectivity index (χ4v) is 9.20. The van der Waals surface area contributed by atoms with E-state index in [1.165, 1.54) is 13.0 Å². The SMILES string of the molecule is CC(=O)N[C@@H](CCCN=C(N)N)C(=O)N[C@H]1CCC(=O)CCCC[C@@H](C(N)=O)NC(=O)[C@H](Cc2c[nH]c3ccccc23)CC(=O)[C@H](CCCN=C(N)N)CC(=O)[C@@H](Cc2ccccc2C(F)(F)F)NC(=O)[C@H](CCN)NC1=O. The third kappa shape index (κ3) is 20.6. The number of primary amides is 1. The summed E-state index contributed by atoms with van der Waals surface area (Å²) >= 11 is 0. The highest BCUT2D eigenvalue weighted by Crippen LogP contribution is 2.33. The number of guanidine groups is 2. The standard InChI is InChI=1S/C52H73F3N14O9/c1-29(70)65-39(17-9-23-63-51(60)61)47(76)67-40-19-18-34(71)12-3-6-16-38(45(57)74)66-46(75)32(24-33-28-64-37-15-7-4-13-35(33)37)27-43(72)31(11-8-22-62-50(58)59)26-44(73)42(69-49(78)41(20-21-56)68-48(40)77)25-30-10-2-5-14-36(30)52(53,54)55/h2,4-5,7,10,13-15,28,31-32,38-42,64H,3,6,8-9,11-12,16-27,56H2,1H3,(H2,57,74)(H,65,70)(H,66,75)(H,67,76)(H,68,77)(H,69,78)(H4,58,59,62)(H4,60,61,63)/t31-,32-,38+,39+,40+,41+,42-/m1/s1. The molecule has 6 amide bonds. The van der Waals surface area contributed by atoms with Gasteiger partial charge in [-0.05, 0) is 87.6 Å². The number of para-hydroxylation sites is 1. The number of fused-ring (bicyclic) bond motifs is 1. The lowest BCUT2D eigenvalue weighted by atomic mass is 9.83. The van der Waals surface area contributed by atoms with Crippen molar-refractivity contribution in [3.63, 3.8) is 0 Å². The van der Waals surface area contributed by atoms with Crippen LogP contribution in [-0.2, 0) is 62.2 Å². The van der Waals surface area contributed by atoms with Crippen molar-refractivity contribution in [2.45, 2.75) is 140 Å². The number of aliphatic imine (C=N–C) groups is 2. The second kappa shape index (κ2) is 30.7. The molecule has 26 heteroatoms. The molecule has 2 heterocycles. The van der Waals surface area contributed by atoms with Crippen LogP contribution >= 0.6 is 0 Å². The van der Waals surface area contributed by atoms with E-state index in [1.54, 1.807) is 18.3 Å². The Bertz CT molecular complexity index is 2650. The van der Waals surface area contributed by atoms with E-state index in [1.807, 2.05) is 12.1 Å². The van der Waals surface area contributed by atoms with Gasteiger partial charge in [0.05, 0.1) is 11.6 Å². The molecular formula is C52H73F3N14O9. The van der Waals surface area contributed by atoms with E-state index in [2.05, 4.69) is 41.6 Å². The van der Waals surface area contributed by atoms with Crippen LogP contribution in [0.1, 0.15) is 107 Å². The molecule has 0 bridgehead atoms. The monoisotopic (exact) mass is 1090 g/mol. The van der Waals surface area contributed by atoms with Gasteiger partial charge in [-0.25, -0.2) is 0 Å². The van der Waals surface area contributed by atoms with E-state index in [-0.39, 0.29) is 114 Å². The summed E-state index contributed by atoms with van der Waals surface area (Å²) in [6, 6.07) is 4.21. The van der Waals surface area contributed by atoms with Gasteiger partial charge in [0.15, 0.2) is 17.7 Å². The first kappa shape index (κ1) is 62.6. The van der Waals surface area contributed by atoms with Crippen LogP contribution in [0.4, 0.5) is 13.2 Å². The minimum Gasteiger partial charge on any atom is -0.370 e. The van der Waals surface area contributed by atoms with Crippen LogP contribution < -0.4 is 61.0 Å². The normalized spacial score (nSPS) is 21.3. The molecule has 1 saturated heterocycles. The number of amides is 6. The Morgan fingerprint density at radius 2 is 1.37 bits per heavy atom. The number of ketones is 3. The highest BCUT2D eigenvalue weighted by atomic mass is 19.4. The Morgan fingerprint density at radius 1 is 0.718 bits per heavy atom. The average molecular weight is 1100 g/mol. The van der Waals surface area contributed by atoms with Gasteiger partial charge >= 0.3 is 6.18 Å². The van der Waals surface area contributed by atoms with Crippen molar-refractivity contribution in [1.82, 2.24) is 31.6 Å². The molecule has 23 nitrogen and oxygen atoms in total. The number of halogens is 3. The van der Waals surface area contributed by atoms with Crippen molar-refractivity contribution in [2.24, 2.45) is 56.2 Å². The largest absolute Gasteiger partial charge is 0.416 e. The van der Waals surface area contributed by atoms with Gasteiger partial charge in [-0.15, -0.1) is 0 Å². The molecule has 426 valence electrons. The second-order valence-electron chi connectivity index (χ2n) is 19.4. The number of carbonyl (C=O) groups excluding carboxylic acids is 9. The summed E-state index contributed by atoms with van der Waals surface area (Å²) in [5.74, 6) is -9.88. The summed E-state index contributed by atoms with van der Waals surface area (Å²) in [5.41, 5.74) is 33.5. The molecule has 1 aliphatic heterocycles. The molecule has 7 atom stereocenters. The number of hydrogen-bond acceptors (Lipinski definition) is 12. The van der Waals surface area contributed by atoms with E-state index < -0.39 is 126 Å². The third-order valence-electron chi connectivity index (χ3n) is 13.3. The smallest absolute Gasteiger partial charge is 0.370 e. The molecule has 3 aromatic rings. The molecule has 2 aromatic carbocycles. The number of benzene rings is 2. The zero-order chi connectivity index (χ0) is 57.5. The molecular weight excluding hydrogens is 1020 g/mol. The summed E-state index contributed by atoms with van der Waals surface area (Å²) in [5, 5.41) is 13.5. The zero-order valence-electron chi connectivity index (χ0n) is 43.6. The van der Waals surface area contributed by atoms with Crippen LogP contribution in [0.2, 0.25) is 0 Å². The Kier molecular flexibility index (Phi) is 24.7. The van der Waals surface area contributed by atoms with Crippen molar-refractivity contribution in [1.29, 1.82) is 0 Å². The summed E-state index contributed by atoms with van der Waals surface area (Å²) in [4.78, 5) is 136. The van der Waals surface area contributed by atoms with Gasteiger partial charge in [0.2, 0.25) is 35.4 Å². The predicted molar refractivity (Wildman–Crippen MR) is 284 cm³/mol. The number of nitrogens with zero attached hydrogens (tertiary/aromatic N) is 2. The number of nitrogens with one attached hydrogen (secondary N) is 6. The molecule has 1 aliphatic rings. The van der Waals surface area contributed by atoms with Crippen molar-refractivity contribution in [3.8, 4) is 0 Å². The number of aromatic nitrogens is 1. The van der Waals surface area contributed by atoms with E-state index in [0.29, 0.717) is 5.56 Å². The Balaban J connectivity index is 1.82. The topological polar surface area (TPSA) is 410 Å². The van der Waals surface area contributed by atoms with Gasteiger partial charge in [-0.2, -0.15) is 13.2 Å². The first-order valence-electron chi connectivity index (χ1n) is 25.8. The first-order chi connectivity index (χ1) is 37.0. The van der Waals surface area contributed by atoms with Crippen LogP contribution in [0.3, 0.4) is 0 Å². The van der Waals surface area contributed by atoms with E-state index in [0.717, 1.165) is 29.1 Å². The maximum atomic E-state index is 14.8. The van der Waals surface area contributed by atoms with Crippen LogP contribution in [0, 0.1) is 11.8 Å². The van der Waals surface area contributed by atoms with E-state index in [9.17, 15) is 56.3 Å². The molecule has 0 aliphatic carbocycles. The molecule has 1 fully saturated rings. The van der Waals surface area contributed by atoms with Crippen LogP contribution in [-0.4, -0.2) is 120 Å². The summed E-state index contributed by atoms with van der Waals surface area (Å²) in [6.07, 6.45) is -5.53. The van der Waals surface area contributed by atoms with Crippen LogP contribution in [0.5, 0.6) is 0 Å². The number of aromatic amines is 1. The maximum absolute atomic E-state index is 14.8. The molecule has 0 unspecified atom stereocenters. The van der Waals surface area contributed by atoms with Crippen molar-refractivity contribution < 1.29 is 56.3 Å². The molecule has 0 radical (unpaired) electrons. The first-order valence-corrected chi connectivity index (χ1v) is 25.8. The van der Waals surface area contributed by atoms with Crippen LogP contribution in [0.15, 0.2) is 64.7 Å². The number of nitrogens with two attached hydrogens (primary N) is 6. The molecule has 4 rings (SSSR count). The van der Waals surface area contributed by atoms with Crippen molar-refractivity contribution in [3.05, 3.63) is 71.4 Å². The lowest BCUT2D eigenvalue weighted by Crippen LogP contribution is -2.58. The van der Waals surface area contributed by atoms with Crippen molar-refractivity contribution in [2.75, 3.05) is 19.6 Å². The molecule has 0 saturated carbocycles. The average Bonchev–Trinajstić information content (AvgIpc) is 3.80. The number of carbonyl (C=O) groups is 9. The lowest BCUT2D eigenvalue weighted by molar-refractivity contribution is -0.138. The number of H-pyrrole nitrogens is 1. The number of rotatable bonds is 18. The minimum atomic E-state index is -4.91. The Morgan fingerprint density at radius 3 is 2.04 bits per heavy atom. The molecule has 1 aromatic heterocycles. The van der Waals surface area contributed by atoms with Gasteiger partial charge in [0.25, 0.3) is 0 Å². The van der Waals surface area contributed by atoms with Crippen LogP contribution in [0.25, 0.3) is 10.9 Å². The maximum Gasteiger partial charge on any atom is 0.416 e. The summed E-state index contributed by atoms with van der Waals surface area (Å²) in [7, 11) is 0. The molecule has 18 N–H and O–H groups in total. The Hall–Kier alpha value is -7.90. The third-order valence-corrected chi connectivity index (χ3v) is 13.3. The highest BCUT2D eigenvalue weighted by Gasteiger charge is 2.38. The zero-order valence-corrected chi connectivity index (χ0v) is 43.6. The van der Waals surface area contributed by atoms with E-state index >= 15 is 0 Å². The summed E-state index contributed by atoms with van der Waals surface area (Å²) in [6.45, 7) is 0.999. The minimum absolute atomic E-state index is 0.000192. The summed E-state index contributed by atoms with van der Waals surface area (Å²) < 4.78 is 43.5. The highest BCUT2D eigenvalue weighted by molar-refractivity contribution is 5.98. The van der Waals surface area contributed by atoms with Gasteiger partial charge in [-0.3, -0.25) is 53.1 Å². The molecule has 0 spiro atoms. The van der Waals surface area contributed by atoms with E-state index in [4.69, 9.17) is 34.4 Å². The number of Topliss-reactive ketones (excluding diaryl/α,β-unsaturated/α-hetero) is 3. The predicted octanol–water partition coefficient (Wildman–Crippen LogP) is 0.431. The van der Waals surface area contributed by atoms with Crippen molar-refractivity contribution >= 4 is 75.6 Å². The number of hydrogen-bond donors (Lipinski definition) is 12. The quantitative estimate of drug-likeness (QED) is 0.0467. The van der Waals surface area contributed by atoms with Gasteiger partial charge < -0.3 is 66.0 Å². The second-order valence-corrected chi connectivity index (χ2v) is 19.4. The fraction of sp³-hybridized carbons (Fsp3) is 0.519. The lowest BCUT2D eigenvalue weighted by Gasteiger charge is -2.27. The molecule has 78 heavy (non-hydrogen) atoms.